The molecule has 1 heterocycles. The van der Waals surface area contributed by atoms with Crippen molar-refractivity contribution in [1.82, 2.24) is 0 Å². The molecule has 1 aliphatic rings. The Morgan fingerprint density at radius 3 is 2.39 bits per heavy atom. The first-order valence-electron chi connectivity index (χ1n) is 9.63. The van der Waals surface area contributed by atoms with Crippen molar-refractivity contribution < 1.29 is 22.8 Å². The SMILES string of the molecule is CC(=O)Nc1ccc(NC(=O)CCS(=O)(=O)c2ccc3c(c2)NC(=O)C[C@@H](C)S3)cc1. The fourth-order valence-corrected chi connectivity index (χ4v) is 5.35. The molecule has 3 rings (SSSR count). The van der Waals surface area contributed by atoms with Gasteiger partial charge in [0.15, 0.2) is 9.84 Å². The molecule has 0 fully saturated rings. The average Bonchev–Trinajstić information content (AvgIpc) is 2.83. The van der Waals surface area contributed by atoms with E-state index in [1.807, 2.05) is 6.92 Å². The van der Waals surface area contributed by atoms with Crippen LogP contribution in [0, 0.1) is 0 Å². The second-order valence-corrected chi connectivity index (χ2v) is 10.8. The standard InChI is InChI=1S/C21H23N3O5S2/c1-13-11-21(27)24-18-12-17(7-8-19(18)30-13)31(28,29)10-9-20(26)23-16-5-3-15(4-6-16)22-14(2)25/h3-8,12-13H,9-11H2,1-2H3,(H,22,25)(H,23,26)(H,24,27)/t13-/m1/s1. The molecular formula is C21H23N3O5S2. The second kappa shape index (κ2) is 9.52. The molecule has 1 atom stereocenters. The van der Waals surface area contributed by atoms with Crippen molar-refractivity contribution in [2.24, 2.45) is 0 Å². The van der Waals surface area contributed by atoms with Gasteiger partial charge in [-0.3, -0.25) is 14.4 Å². The first-order valence-corrected chi connectivity index (χ1v) is 12.2. The molecule has 31 heavy (non-hydrogen) atoms. The predicted molar refractivity (Wildman–Crippen MR) is 121 cm³/mol. The van der Waals surface area contributed by atoms with Crippen molar-refractivity contribution in [3.8, 4) is 0 Å². The molecule has 0 saturated carbocycles. The number of nitrogens with one attached hydrogen (secondary N) is 3. The Labute approximate surface area is 185 Å². The van der Waals surface area contributed by atoms with E-state index in [2.05, 4.69) is 16.0 Å². The van der Waals surface area contributed by atoms with Gasteiger partial charge in [0.1, 0.15) is 0 Å². The number of sulfone groups is 1. The zero-order chi connectivity index (χ0) is 22.6. The Kier molecular flexibility index (Phi) is 7.01. The summed E-state index contributed by atoms with van der Waals surface area (Å²) in [6.45, 7) is 3.34. The lowest BCUT2D eigenvalue weighted by Crippen LogP contribution is -2.18. The Balaban J connectivity index is 1.62. The number of fused-ring (bicyclic) bond motifs is 1. The number of amides is 3. The summed E-state index contributed by atoms with van der Waals surface area (Å²) < 4.78 is 25.4. The number of thioether (sulfide) groups is 1. The van der Waals surface area contributed by atoms with Crippen LogP contribution in [0.3, 0.4) is 0 Å². The largest absolute Gasteiger partial charge is 0.326 e. The highest BCUT2D eigenvalue weighted by atomic mass is 32.2. The van der Waals surface area contributed by atoms with Crippen LogP contribution in [0.4, 0.5) is 17.1 Å². The third-order valence-corrected chi connectivity index (χ3v) is 7.36. The molecule has 164 valence electrons. The normalized spacial score (nSPS) is 15.9. The molecule has 0 saturated heterocycles. The highest BCUT2D eigenvalue weighted by Gasteiger charge is 2.23. The van der Waals surface area contributed by atoms with Gasteiger partial charge in [0.25, 0.3) is 0 Å². The van der Waals surface area contributed by atoms with Crippen molar-refractivity contribution in [2.75, 3.05) is 21.7 Å². The number of hydrogen-bond donors (Lipinski definition) is 3. The Morgan fingerprint density at radius 1 is 1.10 bits per heavy atom. The lowest BCUT2D eigenvalue weighted by molar-refractivity contribution is -0.116. The smallest absolute Gasteiger partial charge is 0.225 e. The van der Waals surface area contributed by atoms with Gasteiger partial charge in [0.05, 0.1) is 16.3 Å². The molecule has 8 nitrogen and oxygen atoms in total. The van der Waals surface area contributed by atoms with Crippen LogP contribution in [0.1, 0.15) is 26.7 Å². The first kappa shape index (κ1) is 22.8. The third-order valence-electron chi connectivity index (χ3n) is 4.47. The predicted octanol–water partition coefficient (Wildman–Crippen LogP) is 3.27. The molecule has 2 aromatic rings. The Hall–Kier alpha value is -2.85. The summed E-state index contributed by atoms with van der Waals surface area (Å²) in [5.74, 6) is -1.16. The highest BCUT2D eigenvalue weighted by molar-refractivity contribution is 8.00. The maximum absolute atomic E-state index is 12.7. The molecule has 0 spiro atoms. The van der Waals surface area contributed by atoms with Crippen molar-refractivity contribution in [3.05, 3.63) is 42.5 Å². The number of benzene rings is 2. The van der Waals surface area contributed by atoms with Gasteiger partial charge < -0.3 is 16.0 Å². The molecule has 0 bridgehead atoms. The van der Waals surface area contributed by atoms with Gasteiger partial charge in [-0.1, -0.05) is 6.92 Å². The maximum Gasteiger partial charge on any atom is 0.225 e. The molecule has 3 N–H and O–H groups in total. The fraction of sp³-hybridized carbons (Fsp3) is 0.286. The molecule has 2 aromatic carbocycles. The van der Waals surface area contributed by atoms with Crippen molar-refractivity contribution in [3.63, 3.8) is 0 Å². The van der Waals surface area contributed by atoms with Crippen LogP contribution >= 0.6 is 11.8 Å². The highest BCUT2D eigenvalue weighted by Crippen LogP contribution is 2.36. The minimum atomic E-state index is -3.71. The van der Waals surface area contributed by atoms with Gasteiger partial charge in [-0.25, -0.2) is 8.42 Å². The topological polar surface area (TPSA) is 121 Å². The summed E-state index contributed by atoms with van der Waals surface area (Å²) in [5.41, 5.74) is 1.57. The molecule has 0 aliphatic carbocycles. The maximum atomic E-state index is 12.7. The molecule has 1 aliphatic heterocycles. The van der Waals surface area contributed by atoms with E-state index in [1.54, 1.807) is 30.3 Å². The summed E-state index contributed by atoms with van der Waals surface area (Å²) in [5, 5.41) is 8.11. The minimum absolute atomic E-state index is 0.0640. The second-order valence-electron chi connectivity index (χ2n) is 7.21. The van der Waals surface area contributed by atoms with Crippen molar-refractivity contribution in [1.29, 1.82) is 0 Å². The number of hydrogen-bond acceptors (Lipinski definition) is 6. The first-order chi connectivity index (χ1) is 14.6. The van der Waals surface area contributed by atoms with Gasteiger partial charge in [-0.2, -0.15) is 0 Å². The van der Waals surface area contributed by atoms with Gasteiger partial charge in [0.2, 0.25) is 17.7 Å². The number of carbonyl (C=O) groups is 3. The molecule has 3 amide bonds. The molecule has 10 heteroatoms. The molecule has 0 radical (unpaired) electrons. The van der Waals surface area contributed by atoms with E-state index < -0.39 is 15.7 Å². The van der Waals surface area contributed by atoms with E-state index in [0.29, 0.717) is 23.5 Å². The average molecular weight is 462 g/mol. The Morgan fingerprint density at radius 2 is 1.74 bits per heavy atom. The number of carbonyl (C=O) groups excluding carboxylic acids is 3. The van der Waals surface area contributed by atoms with E-state index >= 15 is 0 Å². The van der Waals surface area contributed by atoms with Crippen LogP contribution in [0.15, 0.2) is 52.3 Å². The summed E-state index contributed by atoms with van der Waals surface area (Å²) in [7, 11) is -3.71. The lowest BCUT2D eigenvalue weighted by atomic mass is 10.2. The van der Waals surface area contributed by atoms with E-state index in [9.17, 15) is 22.8 Å². The summed E-state index contributed by atoms with van der Waals surface area (Å²) >= 11 is 1.51. The van der Waals surface area contributed by atoms with E-state index in [0.717, 1.165) is 4.90 Å². The van der Waals surface area contributed by atoms with Crippen LogP contribution in [-0.4, -0.2) is 37.1 Å². The quantitative estimate of drug-likeness (QED) is 0.607. The van der Waals surface area contributed by atoms with Gasteiger partial charge >= 0.3 is 0 Å². The van der Waals surface area contributed by atoms with Crippen LogP contribution < -0.4 is 16.0 Å². The van der Waals surface area contributed by atoms with Crippen LogP contribution in [0.5, 0.6) is 0 Å². The van der Waals surface area contributed by atoms with Crippen LogP contribution in [0.2, 0.25) is 0 Å². The monoisotopic (exact) mass is 461 g/mol. The third kappa shape index (κ3) is 6.31. The van der Waals surface area contributed by atoms with Gasteiger partial charge in [-0.05, 0) is 42.5 Å². The molecule has 0 unspecified atom stereocenters. The Bertz CT molecular complexity index is 1110. The van der Waals surface area contributed by atoms with Crippen molar-refractivity contribution in [2.45, 2.75) is 41.7 Å². The number of rotatable bonds is 6. The lowest BCUT2D eigenvalue weighted by Gasteiger charge is -2.11. The van der Waals surface area contributed by atoms with Crippen molar-refractivity contribution >= 4 is 56.4 Å². The zero-order valence-corrected chi connectivity index (χ0v) is 18.7. The van der Waals surface area contributed by atoms with E-state index in [1.165, 1.54) is 30.8 Å². The molecular weight excluding hydrogens is 438 g/mol. The van der Waals surface area contributed by atoms with Crippen LogP contribution in [-0.2, 0) is 24.2 Å². The zero-order valence-electron chi connectivity index (χ0n) is 17.1. The minimum Gasteiger partial charge on any atom is -0.326 e. The fourth-order valence-electron chi connectivity index (χ4n) is 3.03. The van der Waals surface area contributed by atoms with Gasteiger partial charge in [0, 0.05) is 41.3 Å². The summed E-state index contributed by atoms with van der Waals surface area (Å²) in [4.78, 5) is 36.1. The van der Waals surface area contributed by atoms with Crippen LogP contribution in [0.25, 0.3) is 0 Å². The number of anilines is 3. The van der Waals surface area contributed by atoms with E-state index in [4.69, 9.17) is 0 Å². The summed E-state index contributed by atoms with van der Waals surface area (Å²) in [6, 6.07) is 11.1. The molecule has 0 aromatic heterocycles. The van der Waals surface area contributed by atoms with E-state index in [-0.39, 0.29) is 34.1 Å². The van der Waals surface area contributed by atoms with Gasteiger partial charge in [-0.15, -0.1) is 11.8 Å². The summed E-state index contributed by atoms with van der Waals surface area (Å²) in [6.07, 6.45) is 0.137.